The molecule has 0 aliphatic carbocycles. The van der Waals surface area contributed by atoms with E-state index in [1.165, 1.54) is 11.9 Å². The minimum Gasteiger partial charge on any atom is -0.393 e. The zero-order valence-corrected chi connectivity index (χ0v) is 13.0. The van der Waals surface area contributed by atoms with Crippen LogP contribution in [-0.2, 0) is 6.54 Å². The van der Waals surface area contributed by atoms with Crippen molar-refractivity contribution in [2.24, 2.45) is 0 Å². The van der Waals surface area contributed by atoms with E-state index in [1.54, 1.807) is 6.07 Å². The second-order valence-corrected chi connectivity index (χ2v) is 5.27. The second-order valence-electron chi connectivity index (χ2n) is 5.27. The summed E-state index contributed by atoms with van der Waals surface area (Å²) in [6.45, 7) is 4.50. The van der Waals surface area contributed by atoms with Gasteiger partial charge < -0.3 is 20.9 Å². The number of benzene rings is 1. The Kier molecular flexibility index (Phi) is 4.09. The molecule has 23 heavy (non-hydrogen) atoms. The molecule has 0 radical (unpaired) electrons. The Hall–Kier alpha value is -3.09. The Balaban J connectivity index is 1.72. The molecule has 118 valence electrons. The molecule has 0 amide bonds. The average Bonchev–Trinajstić information content (AvgIpc) is 2.95. The highest BCUT2D eigenvalue weighted by molar-refractivity contribution is 5.76. The molecule has 1 aromatic carbocycles. The normalized spacial score (nSPS) is 10.5. The fourth-order valence-corrected chi connectivity index (χ4v) is 2.07. The van der Waals surface area contributed by atoms with Crippen LogP contribution in [0.25, 0.3) is 0 Å². The summed E-state index contributed by atoms with van der Waals surface area (Å²) in [4.78, 5) is 8.33. The van der Waals surface area contributed by atoms with E-state index in [9.17, 15) is 0 Å². The average molecular weight is 310 g/mol. The molecule has 0 bridgehead atoms. The van der Waals surface area contributed by atoms with Crippen molar-refractivity contribution in [1.29, 1.82) is 0 Å². The van der Waals surface area contributed by atoms with Gasteiger partial charge in [-0.2, -0.15) is 0 Å². The number of nitrogens with zero attached hydrogens (tertiary/aromatic N) is 3. The summed E-state index contributed by atoms with van der Waals surface area (Å²) >= 11 is 0. The predicted molar refractivity (Wildman–Crippen MR) is 89.5 cm³/mol. The molecule has 0 saturated heterocycles. The highest BCUT2D eigenvalue weighted by atomic mass is 16.5. The lowest BCUT2D eigenvalue weighted by Crippen LogP contribution is -2.08. The lowest BCUT2D eigenvalue weighted by Gasteiger charge is -2.11. The molecule has 0 atom stereocenters. The second kappa shape index (κ2) is 6.35. The van der Waals surface area contributed by atoms with Gasteiger partial charge in [-0.05, 0) is 19.4 Å². The molecule has 0 unspecified atom stereocenters. The maximum Gasteiger partial charge on any atom is 0.175 e. The van der Waals surface area contributed by atoms with Crippen molar-refractivity contribution in [1.82, 2.24) is 15.1 Å². The van der Waals surface area contributed by atoms with Crippen LogP contribution < -0.4 is 16.4 Å². The van der Waals surface area contributed by atoms with E-state index in [0.29, 0.717) is 35.4 Å². The summed E-state index contributed by atoms with van der Waals surface area (Å²) in [5.41, 5.74) is 8.92. The summed E-state index contributed by atoms with van der Waals surface area (Å²) in [6.07, 6.45) is 1.45. The number of rotatable bonds is 5. The van der Waals surface area contributed by atoms with Crippen LogP contribution >= 0.6 is 0 Å². The van der Waals surface area contributed by atoms with Crippen molar-refractivity contribution in [3.05, 3.63) is 53.5 Å². The van der Waals surface area contributed by atoms with E-state index >= 15 is 0 Å². The van der Waals surface area contributed by atoms with Gasteiger partial charge in [0.2, 0.25) is 0 Å². The highest BCUT2D eigenvalue weighted by Crippen LogP contribution is 2.25. The minimum atomic E-state index is 0.431. The summed E-state index contributed by atoms with van der Waals surface area (Å²) in [7, 11) is 0. The maximum atomic E-state index is 6.12. The van der Waals surface area contributed by atoms with Crippen LogP contribution in [0.2, 0.25) is 0 Å². The van der Waals surface area contributed by atoms with Gasteiger partial charge in [-0.3, -0.25) is 0 Å². The molecule has 0 aliphatic heterocycles. The number of aryl methyl sites for hydroxylation is 2. The quantitative estimate of drug-likeness (QED) is 0.665. The standard InChI is InChI=1S/C16H18N6O/c1-10-3-5-12(6-4-10)8-18-15-14(17)16(20-9-19-15)21-13-7-11(2)23-22-13/h3-7,9H,8,17H2,1-2H3,(H2,18,19,20,21,22). The summed E-state index contributed by atoms with van der Waals surface area (Å²) in [5.74, 6) is 2.32. The monoisotopic (exact) mass is 310 g/mol. The molecule has 0 aliphatic rings. The number of hydrogen-bond acceptors (Lipinski definition) is 7. The number of nitrogen functional groups attached to an aromatic ring is 1. The number of anilines is 4. The first-order valence-electron chi connectivity index (χ1n) is 7.22. The largest absolute Gasteiger partial charge is 0.393 e. The molecule has 3 rings (SSSR count). The molecule has 0 fully saturated rings. The Bertz CT molecular complexity index is 797. The van der Waals surface area contributed by atoms with Gasteiger partial charge in [0.1, 0.15) is 17.8 Å². The third kappa shape index (κ3) is 3.57. The van der Waals surface area contributed by atoms with Gasteiger partial charge >= 0.3 is 0 Å². The van der Waals surface area contributed by atoms with Gasteiger partial charge in [0.05, 0.1) is 0 Å². The SMILES string of the molecule is Cc1ccc(CNc2ncnc(Nc3cc(C)on3)c2N)cc1. The van der Waals surface area contributed by atoms with E-state index in [0.717, 1.165) is 5.56 Å². The highest BCUT2D eigenvalue weighted by Gasteiger charge is 2.10. The number of nitrogens with two attached hydrogens (primary N) is 1. The zero-order chi connectivity index (χ0) is 16.2. The maximum absolute atomic E-state index is 6.12. The summed E-state index contributed by atoms with van der Waals surface area (Å²) in [6, 6.07) is 10.0. The fourth-order valence-electron chi connectivity index (χ4n) is 2.07. The summed E-state index contributed by atoms with van der Waals surface area (Å²) in [5, 5.41) is 10.1. The van der Waals surface area contributed by atoms with Crippen molar-refractivity contribution in [2.45, 2.75) is 20.4 Å². The molecule has 3 aromatic rings. The molecule has 2 heterocycles. The van der Waals surface area contributed by atoms with Crippen LogP contribution in [0, 0.1) is 13.8 Å². The van der Waals surface area contributed by atoms with E-state index < -0.39 is 0 Å². The Morgan fingerprint density at radius 1 is 1.09 bits per heavy atom. The molecule has 7 nitrogen and oxygen atoms in total. The van der Waals surface area contributed by atoms with E-state index in [4.69, 9.17) is 10.3 Å². The lowest BCUT2D eigenvalue weighted by atomic mass is 10.1. The number of nitrogens with one attached hydrogen (secondary N) is 2. The van der Waals surface area contributed by atoms with Crippen molar-refractivity contribution in [3.63, 3.8) is 0 Å². The molecule has 0 saturated carbocycles. The van der Waals surface area contributed by atoms with Crippen LogP contribution in [0.1, 0.15) is 16.9 Å². The Morgan fingerprint density at radius 3 is 2.52 bits per heavy atom. The van der Waals surface area contributed by atoms with Crippen LogP contribution in [0.15, 0.2) is 41.2 Å². The van der Waals surface area contributed by atoms with Crippen LogP contribution in [0.4, 0.5) is 23.1 Å². The third-order valence-electron chi connectivity index (χ3n) is 3.34. The van der Waals surface area contributed by atoms with Gasteiger partial charge in [-0.25, -0.2) is 9.97 Å². The predicted octanol–water partition coefficient (Wildman–Crippen LogP) is 3.02. The first kappa shape index (κ1) is 14.8. The van der Waals surface area contributed by atoms with Crippen molar-refractivity contribution < 1.29 is 4.52 Å². The first-order chi connectivity index (χ1) is 11.1. The van der Waals surface area contributed by atoms with Crippen molar-refractivity contribution in [2.75, 3.05) is 16.4 Å². The molecule has 2 aromatic heterocycles. The van der Waals surface area contributed by atoms with Gasteiger partial charge in [0.15, 0.2) is 17.5 Å². The third-order valence-corrected chi connectivity index (χ3v) is 3.34. The van der Waals surface area contributed by atoms with Gasteiger partial charge in [-0.15, -0.1) is 0 Å². The molecule has 4 N–H and O–H groups in total. The minimum absolute atomic E-state index is 0.431. The van der Waals surface area contributed by atoms with Crippen LogP contribution in [-0.4, -0.2) is 15.1 Å². The molecular formula is C16H18N6O. The first-order valence-corrected chi connectivity index (χ1v) is 7.22. The van der Waals surface area contributed by atoms with Crippen molar-refractivity contribution in [3.8, 4) is 0 Å². The van der Waals surface area contributed by atoms with E-state index in [1.807, 2.05) is 6.92 Å². The Labute approximate surface area is 133 Å². The molecular weight excluding hydrogens is 292 g/mol. The lowest BCUT2D eigenvalue weighted by molar-refractivity contribution is 0.400. The number of aromatic nitrogens is 3. The Morgan fingerprint density at radius 2 is 1.83 bits per heavy atom. The smallest absolute Gasteiger partial charge is 0.175 e. The number of hydrogen-bond donors (Lipinski definition) is 3. The van der Waals surface area contributed by atoms with Gasteiger partial charge in [0, 0.05) is 12.6 Å². The zero-order valence-electron chi connectivity index (χ0n) is 13.0. The van der Waals surface area contributed by atoms with E-state index in [2.05, 4.69) is 56.9 Å². The van der Waals surface area contributed by atoms with Gasteiger partial charge in [0.25, 0.3) is 0 Å². The van der Waals surface area contributed by atoms with Gasteiger partial charge in [-0.1, -0.05) is 35.0 Å². The van der Waals surface area contributed by atoms with Crippen molar-refractivity contribution >= 4 is 23.1 Å². The molecule has 0 spiro atoms. The molecule has 7 heteroatoms. The van der Waals surface area contributed by atoms with Crippen LogP contribution in [0.3, 0.4) is 0 Å². The fraction of sp³-hybridized carbons (Fsp3) is 0.188. The van der Waals surface area contributed by atoms with E-state index in [-0.39, 0.29) is 0 Å². The summed E-state index contributed by atoms with van der Waals surface area (Å²) < 4.78 is 5.01. The van der Waals surface area contributed by atoms with Crippen LogP contribution in [0.5, 0.6) is 0 Å². The topological polar surface area (TPSA) is 102 Å².